The van der Waals surface area contributed by atoms with Crippen molar-refractivity contribution in [3.8, 4) is 5.75 Å². The van der Waals surface area contributed by atoms with Gasteiger partial charge in [-0.05, 0) is 37.6 Å². The van der Waals surface area contributed by atoms with Crippen LogP contribution in [0.3, 0.4) is 0 Å². The van der Waals surface area contributed by atoms with Gasteiger partial charge in [0.05, 0.1) is 11.0 Å². The van der Waals surface area contributed by atoms with E-state index in [1.165, 1.54) is 5.56 Å². The lowest BCUT2D eigenvalue weighted by Gasteiger charge is -2.18. The largest absolute Gasteiger partial charge is 0.486 e. The van der Waals surface area contributed by atoms with Crippen LogP contribution in [0.1, 0.15) is 31.2 Å². The van der Waals surface area contributed by atoms with Gasteiger partial charge in [-0.2, -0.15) is 0 Å². The van der Waals surface area contributed by atoms with Crippen LogP contribution in [0.25, 0.3) is 11.0 Å². The number of imidazole rings is 1. The van der Waals surface area contributed by atoms with Crippen LogP contribution in [0.4, 0.5) is 0 Å². The Labute approximate surface area is 160 Å². The number of carbonyl (C=O) groups excluding carboxylic acids is 1. The van der Waals surface area contributed by atoms with E-state index in [2.05, 4.69) is 11.9 Å². The monoisotopic (exact) mass is 365 g/mol. The highest BCUT2D eigenvalue weighted by Crippen LogP contribution is 2.19. The topological polar surface area (TPSA) is 47.4 Å². The fourth-order valence-corrected chi connectivity index (χ4v) is 2.97. The molecule has 0 N–H and O–H groups in total. The molecule has 0 aliphatic heterocycles. The van der Waals surface area contributed by atoms with E-state index in [0.29, 0.717) is 6.61 Å². The maximum absolute atomic E-state index is 12.7. The SMILES string of the molecule is CCCCN(C)C(=O)Cn1c(COc2ccc(C)cc2)nc2ccccc21. The van der Waals surface area contributed by atoms with Gasteiger partial charge in [0.2, 0.25) is 5.91 Å². The first-order valence-corrected chi connectivity index (χ1v) is 9.46. The molecule has 0 atom stereocenters. The third-order valence-corrected chi connectivity index (χ3v) is 4.69. The Morgan fingerprint density at radius 1 is 1.15 bits per heavy atom. The Morgan fingerprint density at radius 3 is 2.63 bits per heavy atom. The van der Waals surface area contributed by atoms with E-state index in [4.69, 9.17) is 4.74 Å². The second-order valence-corrected chi connectivity index (χ2v) is 6.87. The Bertz CT molecular complexity index is 900. The van der Waals surface area contributed by atoms with Gasteiger partial charge in [0, 0.05) is 13.6 Å². The van der Waals surface area contributed by atoms with Crippen molar-refractivity contribution in [3.63, 3.8) is 0 Å². The summed E-state index contributed by atoms with van der Waals surface area (Å²) in [5.41, 5.74) is 3.02. The maximum Gasteiger partial charge on any atom is 0.242 e. The van der Waals surface area contributed by atoms with Gasteiger partial charge in [-0.1, -0.05) is 43.2 Å². The number of nitrogens with zero attached hydrogens (tertiary/aromatic N) is 3. The summed E-state index contributed by atoms with van der Waals surface area (Å²) in [6.07, 6.45) is 2.08. The van der Waals surface area contributed by atoms with Crippen LogP contribution in [-0.2, 0) is 17.9 Å². The Kier molecular flexibility index (Phi) is 6.12. The predicted octanol–water partition coefficient (Wildman–Crippen LogP) is 4.18. The van der Waals surface area contributed by atoms with E-state index in [1.807, 2.05) is 67.1 Å². The number of hydrogen-bond donors (Lipinski definition) is 0. The van der Waals surface area contributed by atoms with Crippen molar-refractivity contribution in [2.24, 2.45) is 0 Å². The number of fused-ring (bicyclic) bond motifs is 1. The molecule has 1 amide bonds. The zero-order chi connectivity index (χ0) is 19.2. The lowest BCUT2D eigenvalue weighted by molar-refractivity contribution is -0.130. The number of hydrogen-bond acceptors (Lipinski definition) is 3. The number of unbranched alkanes of at least 4 members (excludes halogenated alkanes) is 1. The molecule has 0 aliphatic rings. The molecular formula is C22H27N3O2. The summed E-state index contributed by atoms with van der Waals surface area (Å²) in [6.45, 7) is 5.54. The van der Waals surface area contributed by atoms with Crippen molar-refractivity contribution >= 4 is 16.9 Å². The highest BCUT2D eigenvalue weighted by atomic mass is 16.5. The van der Waals surface area contributed by atoms with Crippen LogP contribution in [0.2, 0.25) is 0 Å². The van der Waals surface area contributed by atoms with Crippen LogP contribution in [-0.4, -0.2) is 34.0 Å². The summed E-state index contributed by atoms with van der Waals surface area (Å²) >= 11 is 0. The van der Waals surface area contributed by atoms with Crippen LogP contribution >= 0.6 is 0 Å². The molecule has 27 heavy (non-hydrogen) atoms. The van der Waals surface area contributed by atoms with Gasteiger partial charge < -0.3 is 14.2 Å². The zero-order valence-electron chi connectivity index (χ0n) is 16.3. The number of likely N-dealkylation sites (N-methyl/N-ethyl adjacent to an activating group) is 1. The molecule has 0 radical (unpaired) electrons. The summed E-state index contributed by atoms with van der Waals surface area (Å²) in [4.78, 5) is 19.1. The molecule has 0 saturated carbocycles. The minimum atomic E-state index is 0.0863. The highest BCUT2D eigenvalue weighted by Gasteiger charge is 2.16. The van der Waals surface area contributed by atoms with Crippen molar-refractivity contribution < 1.29 is 9.53 Å². The van der Waals surface area contributed by atoms with Crippen molar-refractivity contribution in [2.75, 3.05) is 13.6 Å². The molecule has 0 bridgehead atoms. The number of carbonyl (C=O) groups is 1. The van der Waals surface area contributed by atoms with Crippen LogP contribution in [0, 0.1) is 6.92 Å². The van der Waals surface area contributed by atoms with Crippen LogP contribution < -0.4 is 4.74 Å². The van der Waals surface area contributed by atoms with Crippen molar-refractivity contribution in [3.05, 3.63) is 59.9 Å². The Morgan fingerprint density at radius 2 is 1.89 bits per heavy atom. The first kappa shape index (κ1) is 19.0. The minimum absolute atomic E-state index is 0.0863. The third-order valence-electron chi connectivity index (χ3n) is 4.69. The molecule has 0 fully saturated rings. The molecule has 0 saturated heterocycles. The smallest absolute Gasteiger partial charge is 0.242 e. The molecule has 3 rings (SSSR count). The molecule has 2 aromatic carbocycles. The van der Waals surface area contributed by atoms with E-state index in [9.17, 15) is 4.79 Å². The summed E-state index contributed by atoms with van der Waals surface area (Å²) in [6, 6.07) is 15.8. The molecule has 5 nitrogen and oxygen atoms in total. The van der Waals surface area contributed by atoms with E-state index >= 15 is 0 Å². The van der Waals surface area contributed by atoms with Gasteiger partial charge in [-0.3, -0.25) is 4.79 Å². The maximum atomic E-state index is 12.7. The minimum Gasteiger partial charge on any atom is -0.486 e. The molecule has 1 aromatic heterocycles. The third kappa shape index (κ3) is 4.67. The summed E-state index contributed by atoms with van der Waals surface area (Å²) < 4.78 is 7.88. The van der Waals surface area contributed by atoms with Crippen molar-refractivity contribution in [1.29, 1.82) is 0 Å². The molecule has 5 heteroatoms. The lowest BCUT2D eigenvalue weighted by Crippen LogP contribution is -2.31. The number of aryl methyl sites for hydroxylation is 1. The fourth-order valence-electron chi connectivity index (χ4n) is 2.97. The van der Waals surface area contributed by atoms with Gasteiger partial charge in [0.15, 0.2) is 0 Å². The predicted molar refractivity (Wildman–Crippen MR) is 108 cm³/mol. The molecule has 3 aromatic rings. The average Bonchev–Trinajstić information content (AvgIpc) is 3.03. The van der Waals surface area contributed by atoms with E-state index in [1.54, 1.807) is 4.90 Å². The number of para-hydroxylation sites is 2. The normalized spacial score (nSPS) is 10.9. The summed E-state index contributed by atoms with van der Waals surface area (Å²) in [5, 5.41) is 0. The summed E-state index contributed by atoms with van der Waals surface area (Å²) in [5.74, 6) is 1.64. The van der Waals surface area contributed by atoms with Gasteiger partial charge >= 0.3 is 0 Å². The van der Waals surface area contributed by atoms with Gasteiger partial charge in [0.25, 0.3) is 0 Å². The van der Waals surface area contributed by atoms with Crippen LogP contribution in [0.15, 0.2) is 48.5 Å². The average molecular weight is 365 g/mol. The number of rotatable bonds is 8. The van der Waals surface area contributed by atoms with Crippen molar-refractivity contribution in [1.82, 2.24) is 14.5 Å². The summed E-state index contributed by atoms with van der Waals surface area (Å²) in [7, 11) is 1.86. The number of ether oxygens (including phenoxy) is 1. The highest BCUT2D eigenvalue weighted by molar-refractivity contribution is 5.81. The molecule has 142 valence electrons. The van der Waals surface area contributed by atoms with Gasteiger partial charge in [-0.15, -0.1) is 0 Å². The molecule has 0 spiro atoms. The molecule has 0 unspecified atom stereocenters. The Hall–Kier alpha value is -2.82. The molecule has 1 heterocycles. The van der Waals surface area contributed by atoms with E-state index in [-0.39, 0.29) is 12.5 Å². The van der Waals surface area contributed by atoms with E-state index < -0.39 is 0 Å². The number of benzene rings is 2. The fraction of sp³-hybridized carbons (Fsp3) is 0.364. The zero-order valence-corrected chi connectivity index (χ0v) is 16.3. The first-order valence-electron chi connectivity index (χ1n) is 9.46. The van der Waals surface area contributed by atoms with Crippen LogP contribution in [0.5, 0.6) is 5.75 Å². The van der Waals surface area contributed by atoms with E-state index in [0.717, 1.165) is 42.0 Å². The van der Waals surface area contributed by atoms with Crippen molar-refractivity contribution in [2.45, 2.75) is 39.8 Å². The second kappa shape index (κ2) is 8.71. The lowest BCUT2D eigenvalue weighted by atomic mass is 10.2. The first-order chi connectivity index (χ1) is 13.1. The second-order valence-electron chi connectivity index (χ2n) is 6.87. The quantitative estimate of drug-likeness (QED) is 0.601. The van der Waals surface area contributed by atoms with Gasteiger partial charge in [0.1, 0.15) is 24.7 Å². The molecular weight excluding hydrogens is 338 g/mol. The standard InChI is InChI=1S/C22H27N3O2/c1-4-5-14-24(3)22(26)15-25-20-9-7-6-8-19(20)23-21(25)16-27-18-12-10-17(2)11-13-18/h6-13H,4-5,14-16H2,1-3H3. The number of amides is 1. The Balaban J connectivity index is 1.80. The molecule has 0 aliphatic carbocycles. The van der Waals surface area contributed by atoms with Gasteiger partial charge in [-0.25, -0.2) is 4.98 Å². The number of aromatic nitrogens is 2.